The Labute approximate surface area is 159 Å². The summed E-state index contributed by atoms with van der Waals surface area (Å²) in [6, 6.07) is 5.71. The van der Waals surface area contributed by atoms with E-state index in [4.69, 9.17) is 9.47 Å². The monoisotopic (exact) mass is 374 g/mol. The average Bonchev–Trinajstić information content (AvgIpc) is 3.39. The van der Waals surface area contributed by atoms with Gasteiger partial charge in [-0.05, 0) is 50.3 Å². The normalized spacial score (nSPS) is 13.5. The third-order valence-corrected chi connectivity index (χ3v) is 5.77. The molecule has 0 atom stereocenters. The van der Waals surface area contributed by atoms with Crippen LogP contribution in [0, 0.1) is 12.8 Å². The second-order valence-electron chi connectivity index (χ2n) is 6.70. The zero-order valence-corrected chi connectivity index (χ0v) is 16.7. The van der Waals surface area contributed by atoms with Gasteiger partial charge in [-0.2, -0.15) is 0 Å². The van der Waals surface area contributed by atoms with Gasteiger partial charge in [0, 0.05) is 18.7 Å². The Hall–Kier alpha value is -2.08. The molecule has 5 nitrogen and oxygen atoms in total. The molecular weight excluding hydrogens is 348 g/mol. The Bertz CT molecular complexity index is 783. The lowest BCUT2D eigenvalue weighted by atomic mass is 10.2. The van der Waals surface area contributed by atoms with E-state index in [0.717, 1.165) is 40.7 Å². The Morgan fingerprint density at radius 1 is 1.27 bits per heavy atom. The number of hydrogen-bond donors (Lipinski definition) is 0. The molecule has 1 aromatic carbocycles. The molecule has 2 aromatic rings. The van der Waals surface area contributed by atoms with Crippen molar-refractivity contribution >= 4 is 17.2 Å². The van der Waals surface area contributed by atoms with Crippen LogP contribution in [-0.4, -0.2) is 43.1 Å². The molecule has 140 valence electrons. The number of benzene rings is 1. The maximum absolute atomic E-state index is 13.0. The van der Waals surface area contributed by atoms with Gasteiger partial charge < -0.3 is 14.4 Å². The molecule has 26 heavy (non-hydrogen) atoms. The molecule has 1 aliphatic rings. The first-order valence-electron chi connectivity index (χ1n) is 9.06. The van der Waals surface area contributed by atoms with Gasteiger partial charge in [-0.25, -0.2) is 4.98 Å². The summed E-state index contributed by atoms with van der Waals surface area (Å²) in [5.74, 6) is 2.14. The fourth-order valence-electron chi connectivity index (χ4n) is 2.99. The maximum Gasteiger partial charge on any atom is 0.265 e. The number of rotatable bonds is 8. The van der Waals surface area contributed by atoms with Crippen molar-refractivity contribution in [1.29, 1.82) is 0 Å². The first-order chi connectivity index (χ1) is 12.6. The van der Waals surface area contributed by atoms with Crippen molar-refractivity contribution in [2.75, 3.05) is 27.3 Å². The molecular formula is C20H26N2O3S. The quantitative estimate of drug-likeness (QED) is 0.687. The molecule has 1 amide bonds. The van der Waals surface area contributed by atoms with Crippen molar-refractivity contribution in [1.82, 2.24) is 9.88 Å². The third kappa shape index (κ3) is 4.01. The number of amides is 1. The number of aromatic nitrogens is 1. The van der Waals surface area contributed by atoms with Crippen molar-refractivity contribution < 1.29 is 14.3 Å². The molecule has 1 heterocycles. The lowest BCUT2D eigenvalue weighted by molar-refractivity contribution is 0.0751. The molecule has 3 rings (SSSR count). The molecule has 0 N–H and O–H groups in total. The number of aryl methyl sites for hydroxylation is 1. The second kappa shape index (κ2) is 8.08. The molecule has 0 aliphatic heterocycles. The second-order valence-corrected chi connectivity index (χ2v) is 7.70. The fraction of sp³-hybridized carbons (Fsp3) is 0.500. The van der Waals surface area contributed by atoms with Crippen LogP contribution in [-0.2, 0) is 0 Å². The maximum atomic E-state index is 13.0. The third-order valence-electron chi connectivity index (χ3n) is 4.58. The number of methoxy groups -OCH3 is 2. The van der Waals surface area contributed by atoms with Crippen LogP contribution in [0.25, 0.3) is 10.6 Å². The van der Waals surface area contributed by atoms with Crippen LogP contribution in [0.3, 0.4) is 0 Å². The predicted molar refractivity (Wildman–Crippen MR) is 104 cm³/mol. The average molecular weight is 375 g/mol. The van der Waals surface area contributed by atoms with E-state index in [0.29, 0.717) is 17.4 Å². The summed E-state index contributed by atoms with van der Waals surface area (Å²) in [5.41, 5.74) is 1.72. The van der Waals surface area contributed by atoms with Crippen molar-refractivity contribution in [3.8, 4) is 22.1 Å². The van der Waals surface area contributed by atoms with Crippen LogP contribution in [0.2, 0.25) is 0 Å². The van der Waals surface area contributed by atoms with Gasteiger partial charge in [0.2, 0.25) is 0 Å². The smallest absolute Gasteiger partial charge is 0.265 e. The van der Waals surface area contributed by atoms with Crippen LogP contribution >= 0.6 is 11.3 Å². The number of thiazole rings is 1. The summed E-state index contributed by atoms with van der Waals surface area (Å²) in [6.07, 6.45) is 3.46. The Balaban J connectivity index is 1.87. The van der Waals surface area contributed by atoms with Gasteiger partial charge in [-0.1, -0.05) is 6.92 Å². The molecule has 1 fully saturated rings. The summed E-state index contributed by atoms with van der Waals surface area (Å²) < 4.78 is 10.7. The van der Waals surface area contributed by atoms with Gasteiger partial charge in [0.1, 0.15) is 9.88 Å². The van der Waals surface area contributed by atoms with Gasteiger partial charge in [0.05, 0.1) is 19.9 Å². The van der Waals surface area contributed by atoms with E-state index in [1.54, 1.807) is 14.2 Å². The van der Waals surface area contributed by atoms with Gasteiger partial charge >= 0.3 is 0 Å². The Morgan fingerprint density at radius 3 is 2.62 bits per heavy atom. The SMILES string of the molecule is CCCN(CC1CC1)C(=O)c1sc(-c2ccc(OC)c(OC)c2)nc1C. The highest BCUT2D eigenvalue weighted by Gasteiger charge is 2.28. The van der Waals surface area contributed by atoms with Gasteiger partial charge in [-0.3, -0.25) is 4.79 Å². The first-order valence-corrected chi connectivity index (χ1v) is 9.88. The molecule has 1 aromatic heterocycles. The van der Waals surface area contributed by atoms with E-state index in [2.05, 4.69) is 11.9 Å². The number of nitrogens with zero attached hydrogens (tertiary/aromatic N) is 2. The zero-order valence-electron chi connectivity index (χ0n) is 15.9. The fourth-order valence-corrected chi connectivity index (χ4v) is 4.02. The number of carbonyl (C=O) groups is 1. The Morgan fingerprint density at radius 2 is 2.00 bits per heavy atom. The molecule has 6 heteroatoms. The van der Waals surface area contributed by atoms with Crippen molar-refractivity contribution in [3.63, 3.8) is 0 Å². The van der Waals surface area contributed by atoms with E-state index in [1.807, 2.05) is 30.0 Å². The van der Waals surface area contributed by atoms with Crippen LogP contribution in [0.5, 0.6) is 11.5 Å². The summed E-state index contributed by atoms with van der Waals surface area (Å²) in [7, 11) is 3.23. The number of ether oxygens (including phenoxy) is 2. The van der Waals surface area contributed by atoms with E-state index in [1.165, 1.54) is 24.2 Å². The minimum atomic E-state index is 0.112. The molecule has 0 spiro atoms. The van der Waals surface area contributed by atoms with Crippen LogP contribution in [0.15, 0.2) is 18.2 Å². The molecule has 0 bridgehead atoms. The highest BCUT2D eigenvalue weighted by Crippen LogP contribution is 2.36. The zero-order chi connectivity index (χ0) is 18.7. The topological polar surface area (TPSA) is 51.7 Å². The Kier molecular flexibility index (Phi) is 5.81. The molecule has 0 saturated heterocycles. The predicted octanol–water partition coefficient (Wildman–Crippen LogP) is 4.40. The minimum Gasteiger partial charge on any atom is -0.493 e. The number of carbonyl (C=O) groups excluding carboxylic acids is 1. The van der Waals surface area contributed by atoms with Crippen LogP contribution in [0.1, 0.15) is 41.6 Å². The van der Waals surface area contributed by atoms with Crippen molar-refractivity contribution in [2.45, 2.75) is 33.1 Å². The highest BCUT2D eigenvalue weighted by atomic mass is 32.1. The van der Waals surface area contributed by atoms with Crippen LogP contribution in [0.4, 0.5) is 0 Å². The standard InChI is InChI=1S/C20H26N2O3S/c1-5-10-22(12-14-6-7-14)20(23)18-13(2)21-19(26-18)15-8-9-16(24-3)17(11-15)25-4/h8-9,11,14H,5-7,10,12H2,1-4H3. The lowest BCUT2D eigenvalue weighted by Gasteiger charge is -2.21. The van der Waals surface area contributed by atoms with E-state index >= 15 is 0 Å². The summed E-state index contributed by atoms with van der Waals surface area (Å²) in [6.45, 7) is 5.70. The van der Waals surface area contributed by atoms with Crippen molar-refractivity contribution in [2.24, 2.45) is 5.92 Å². The summed E-state index contributed by atoms with van der Waals surface area (Å²) in [4.78, 5) is 20.4. The van der Waals surface area contributed by atoms with E-state index in [9.17, 15) is 4.79 Å². The van der Waals surface area contributed by atoms with Gasteiger partial charge in [0.25, 0.3) is 5.91 Å². The largest absolute Gasteiger partial charge is 0.493 e. The highest BCUT2D eigenvalue weighted by molar-refractivity contribution is 7.17. The number of hydrogen-bond acceptors (Lipinski definition) is 5. The van der Waals surface area contributed by atoms with Gasteiger partial charge in [0.15, 0.2) is 11.5 Å². The van der Waals surface area contributed by atoms with Gasteiger partial charge in [-0.15, -0.1) is 11.3 Å². The molecule has 1 aliphatic carbocycles. The van der Waals surface area contributed by atoms with E-state index in [-0.39, 0.29) is 5.91 Å². The molecule has 0 unspecified atom stereocenters. The van der Waals surface area contributed by atoms with E-state index < -0.39 is 0 Å². The first kappa shape index (κ1) is 18.7. The summed E-state index contributed by atoms with van der Waals surface area (Å²) >= 11 is 1.46. The molecule has 0 radical (unpaired) electrons. The van der Waals surface area contributed by atoms with Crippen molar-refractivity contribution in [3.05, 3.63) is 28.8 Å². The molecule has 1 saturated carbocycles. The lowest BCUT2D eigenvalue weighted by Crippen LogP contribution is -2.33. The minimum absolute atomic E-state index is 0.112. The summed E-state index contributed by atoms with van der Waals surface area (Å²) in [5, 5.41) is 0.828. The van der Waals surface area contributed by atoms with Crippen LogP contribution < -0.4 is 9.47 Å².